The van der Waals surface area contributed by atoms with Crippen LogP contribution in [0.3, 0.4) is 0 Å². The normalized spacial score (nSPS) is 17.4. The minimum absolute atomic E-state index is 0.0284. The summed E-state index contributed by atoms with van der Waals surface area (Å²) in [5.74, 6) is -0.444. The average Bonchev–Trinajstić information content (AvgIpc) is 2.74. The van der Waals surface area contributed by atoms with Gasteiger partial charge in [0.1, 0.15) is 5.82 Å². The molecule has 1 aromatic rings. The lowest BCUT2D eigenvalue weighted by Crippen LogP contribution is -2.26. The van der Waals surface area contributed by atoms with Gasteiger partial charge in [0.2, 0.25) is 5.91 Å². The molecular formula is C16H17ClFNO2S. The Morgan fingerprint density at radius 1 is 1.45 bits per heavy atom. The predicted octanol–water partition coefficient (Wildman–Crippen LogP) is 4.01. The van der Waals surface area contributed by atoms with Crippen LogP contribution in [0.5, 0.6) is 0 Å². The zero-order chi connectivity index (χ0) is 16.5. The highest BCUT2D eigenvalue weighted by Crippen LogP contribution is 2.33. The molecule has 22 heavy (non-hydrogen) atoms. The average molecular weight is 342 g/mol. The third kappa shape index (κ3) is 3.70. The molecule has 0 saturated carbocycles. The van der Waals surface area contributed by atoms with Gasteiger partial charge in [0, 0.05) is 22.1 Å². The molecule has 1 aliphatic heterocycles. The molecule has 1 fully saturated rings. The van der Waals surface area contributed by atoms with Crippen molar-refractivity contribution in [2.75, 3.05) is 5.75 Å². The highest BCUT2D eigenvalue weighted by Gasteiger charge is 2.30. The zero-order valence-corrected chi connectivity index (χ0v) is 14.2. The van der Waals surface area contributed by atoms with Crippen molar-refractivity contribution < 1.29 is 14.0 Å². The van der Waals surface area contributed by atoms with Crippen LogP contribution >= 0.6 is 23.4 Å². The molecule has 0 aliphatic carbocycles. The van der Waals surface area contributed by atoms with Crippen molar-refractivity contribution in [2.24, 2.45) is 5.41 Å². The number of halogens is 2. The van der Waals surface area contributed by atoms with Crippen molar-refractivity contribution in [1.82, 2.24) is 4.90 Å². The summed E-state index contributed by atoms with van der Waals surface area (Å²) < 4.78 is 13.9. The Morgan fingerprint density at radius 3 is 2.73 bits per heavy atom. The Labute approximate surface area is 138 Å². The quantitative estimate of drug-likeness (QED) is 0.779. The maximum absolute atomic E-state index is 13.9. The number of nitrogens with zero attached hydrogens (tertiary/aromatic N) is 1. The van der Waals surface area contributed by atoms with Gasteiger partial charge in [0.05, 0.1) is 17.3 Å². The van der Waals surface area contributed by atoms with E-state index in [1.807, 2.05) is 20.8 Å². The number of thioether (sulfide) groups is 1. The summed E-state index contributed by atoms with van der Waals surface area (Å²) >= 11 is 7.30. The standard InChI is InChI=1S/C16H17ClFNO2S/c1-16(2,3)13(20)7-15-19(14(21)9-22-15)8-10-11(17)5-4-6-12(10)18/h4-7H,8-9H2,1-3H3. The van der Waals surface area contributed by atoms with Crippen LogP contribution in [0, 0.1) is 11.2 Å². The van der Waals surface area contributed by atoms with Crippen molar-refractivity contribution in [1.29, 1.82) is 0 Å². The summed E-state index contributed by atoms with van der Waals surface area (Å²) in [4.78, 5) is 25.6. The van der Waals surface area contributed by atoms with Crippen LogP contribution < -0.4 is 0 Å². The number of carbonyl (C=O) groups is 2. The van der Waals surface area contributed by atoms with Crippen LogP contribution in [0.25, 0.3) is 0 Å². The van der Waals surface area contributed by atoms with Crippen LogP contribution in [-0.2, 0) is 16.1 Å². The first-order chi connectivity index (χ1) is 10.2. The Hall–Kier alpha value is -1.33. The van der Waals surface area contributed by atoms with E-state index in [1.54, 1.807) is 6.07 Å². The summed E-state index contributed by atoms with van der Waals surface area (Å²) in [6.07, 6.45) is 1.46. The van der Waals surface area contributed by atoms with Gasteiger partial charge in [-0.25, -0.2) is 4.39 Å². The molecule has 0 radical (unpaired) electrons. The summed E-state index contributed by atoms with van der Waals surface area (Å²) in [5, 5.41) is 0.815. The maximum atomic E-state index is 13.9. The molecule has 2 rings (SSSR count). The van der Waals surface area contributed by atoms with Crippen molar-refractivity contribution in [2.45, 2.75) is 27.3 Å². The molecule has 1 amide bonds. The number of amides is 1. The molecule has 6 heteroatoms. The SMILES string of the molecule is CC(C)(C)C(=O)C=C1SCC(=O)N1Cc1c(F)cccc1Cl. The van der Waals surface area contributed by atoms with Crippen molar-refractivity contribution >= 4 is 35.1 Å². The fourth-order valence-electron chi connectivity index (χ4n) is 1.87. The van der Waals surface area contributed by atoms with E-state index in [0.717, 1.165) is 0 Å². The Bertz CT molecular complexity index is 632. The van der Waals surface area contributed by atoms with Gasteiger partial charge in [-0.15, -0.1) is 0 Å². The number of allylic oxidation sites excluding steroid dienone is 1. The fraction of sp³-hybridized carbons (Fsp3) is 0.375. The van der Waals surface area contributed by atoms with E-state index >= 15 is 0 Å². The van der Waals surface area contributed by atoms with Crippen LogP contribution in [0.15, 0.2) is 29.3 Å². The Kier molecular flexibility index (Phi) is 4.97. The molecule has 1 saturated heterocycles. The topological polar surface area (TPSA) is 37.4 Å². The van der Waals surface area contributed by atoms with Gasteiger partial charge >= 0.3 is 0 Å². The van der Waals surface area contributed by atoms with Gasteiger partial charge in [-0.1, -0.05) is 50.2 Å². The minimum Gasteiger partial charge on any atom is -0.301 e. The predicted molar refractivity (Wildman–Crippen MR) is 87.0 cm³/mol. The summed E-state index contributed by atoms with van der Waals surface area (Å²) in [7, 11) is 0. The zero-order valence-electron chi connectivity index (χ0n) is 12.7. The third-order valence-electron chi connectivity index (χ3n) is 3.28. The van der Waals surface area contributed by atoms with Crippen molar-refractivity contribution in [3.05, 3.63) is 45.7 Å². The first kappa shape index (κ1) is 17.0. The summed E-state index contributed by atoms with van der Waals surface area (Å²) in [6.45, 7) is 5.46. The number of ketones is 1. The molecule has 1 aliphatic rings. The summed E-state index contributed by atoms with van der Waals surface area (Å²) in [6, 6.07) is 4.40. The Balaban J connectivity index is 2.30. The fourth-order valence-corrected chi connectivity index (χ4v) is 3.03. The van der Waals surface area contributed by atoms with E-state index in [9.17, 15) is 14.0 Å². The van der Waals surface area contributed by atoms with Crippen LogP contribution in [-0.4, -0.2) is 22.3 Å². The Morgan fingerprint density at radius 2 is 2.14 bits per heavy atom. The summed E-state index contributed by atoms with van der Waals surface area (Å²) in [5.41, 5.74) is -0.269. The van der Waals surface area contributed by atoms with Gasteiger partial charge in [-0.2, -0.15) is 0 Å². The molecule has 1 aromatic carbocycles. The van der Waals surface area contributed by atoms with Crippen molar-refractivity contribution in [3.63, 3.8) is 0 Å². The highest BCUT2D eigenvalue weighted by molar-refractivity contribution is 8.04. The van der Waals surface area contributed by atoms with E-state index < -0.39 is 11.2 Å². The van der Waals surface area contributed by atoms with Crippen LogP contribution in [0.4, 0.5) is 4.39 Å². The highest BCUT2D eigenvalue weighted by atomic mass is 35.5. The molecule has 118 valence electrons. The smallest absolute Gasteiger partial charge is 0.238 e. The lowest BCUT2D eigenvalue weighted by Gasteiger charge is -2.20. The minimum atomic E-state index is -0.527. The number of hydrogen-bond donors (Lipinski definition) is 0. The second kappa shape index (κ2) is 6.42. The van der Waals surface area contributed by atoms with Gasteiger partial charge in [0.25, 0.3) is 0 Å². The van der Waals surface area contributed by atoms with Crippen LogP contribution in [0.2, 0.25) is 5.02 Å². The second-order valence-electron chi connectivity index (χ2n) is 6.07. The first-order valence-corrected chi connectivity index (χ1v) is 8.18. The molecule has 0 aromatic heterocycles. The monoisotopic (exact) mass is 341 g/mol. The number of benzene rings is 1. The van der Waals surface area contributed by atoms with Crippen LogP contribution in [0.1, 0.15) is 26.3 Å². The molecule has 0 N–H and O–H groups in total. The van der Waals surface area contributed by atoms with Gasteiger partial charge < -0.3 is 4.90 Å². The van der Waals surface area contributed by atoms with Crippen molar-refractivity contribution in [3.8, 4) is 0 Å². The second-order valence-corrected chi connectivity index (χ2v) is 7.47. The molecule has 0 bridgehead atoms. The third-order valence-corrected chi connectivity index (χ3v) is 4.66. The molecule has 0 atom stereocenters. The lowest BCUT2D eigenvalue weighted by atomic mass is 9.91. The number of hydrogen-bond acceptors (Lipinski definition) is 3. The van der Waals surface area contributed by atoms with Gasteiger partial charge in [-0.3, -0.25) is 9.59 Å². The van der Waals surface area contributed by atoms with E-state index in [-0.39, 0.29) is 34.6 Å². The molecular weight excluding hydrogens is 325 g/mol. The lowest BCUT2D eigenvalue weighted by molar-refractivity contribution is -0.125. The largest absolute Gasteiger partial charge is 0.301 e. The molecule has 3 nitrogen and oxygen atoms in total. The van der Waals surface area contributed by atoms with Gasteiger partial charge in [0.15, 0.2) is 5.78 Å². The van der Waals surface area contributed by atoms with E-state index in [1.165, 1.54) is 34.9 Å². The molecule has 1 heterocycles. The van der Waals surface area contributed by atoms with E-state index in [0.29, 0.717) is 5.03 Å². The first-order valence-electron chi connectivity index (χ1n) is 6.82. The molecule has 0 unspecified atom stereocenters. The number of carbonyl (C=O) groups excluding carboxylic acids is 2. The van der Waals surface area contributed by atoms with E-state index in [4.69, 9.17) is 11.6 Å². The number of rotatable bonds is 3. The van der Waals surface area contributed by atoms with Gasteiger partial charge in [-0.05, 0) is 12.1 Å². The molecule has 0 spiro atoms. The van der Waals surface area contributed by atoms with E-state index in [2.05, 4.69) is 0 Å². The maximum Gasteiger partial charge on any atom is 0.238 e.